The molecule has 1 aromatic rings. The number of ether oxygens (including phenoxy) is 2. The van der Waals surface area contributed by atoms with E-state index >= 15 is 0 Å². The summed E-state index contributed by atoms with van der Waals surface area (Å²) >= 11 is 0. The summed E-state index contributed by atoms with van der Waals surface area (Å²) in [6, 6.07) is 5.03. The lowest BCUT2D eigenvalue weighted by Crippen LogP contribution is -2.32. The van der Waals surface area contributed by atoms with Crippen LogP contribution in [0.25, 0.3) is 0 Å². The van der Waals surface area contributed by atoms with Gasteiger partial charge in [-0.25, -0.2) is 4.79 Å². The van der Waals surface area contributed by atoms with Crippen molar-refractivity contribution < 1.29 is 22.7 Å². The normalized spacial score (nSPS) is 15.0. The van der Waals surface area contributed by atoms with Crippen molar-refractivity contribution in [3.8, 4) is 5.75 Å². The molecule has 1 amide bonds. The Morgan fingerprint density at radius 1 is 1.21 bits per heavy atom. The second-order valence-corrected chi connectivity index (χ2v) is 8.76. The highest BCUT2D eigenvalue weighted by atomic mass is 32.2. The fraction of sp³-hybridized carbons (Fsp3) is 0.556. The third-order valence-electron chi connectivity index (χ3n) is 3.74. The van der Waals surface area contributed by atoms with Gasteiger partial charge in [0.15, 0.2) is 5.84 Å². The van der Waals surface area contributed by atoms with Gasteiger partial charge in [0.2, 0.25) is 0 Å². The number of carbonyl (C=O) groups excluding carboxylic acids is 1. The SMILES string of the molecule is CC(C)(C)OC(=O)NCCCCCCOc1cccc2c1C(N)=NS(=O)(=O)N2. The Hall–Kier alpha value is -2.49. The first-order valence-corrected chi connectivity index (χ1v) is 10.6. The number of amides is 1. The monoisotopic (exact) mass is 412 g/mol. The summed E-state index contributed by atoms with van der Waals surface area (Å²) in [5.74, 6) is 0.408. The predicted octanol–water partition coefficient (Wildman–Crippen LogP) is 2.53. The highest BCUT2D eigenvalue weighted by Gasteiger charge is 2.24. The molecule has 0 aromatic heterocycles. The van der Waals surface area contributed by atoms with Crippen molar-refractivity contribution in [2.45, 2.75) is 52.1 Å². The number of amidine groups is 1. The van der Waals surface area contributed by atoms with Gasteiger partial charge in [-0.15, -0.1) is 4.40 Å². The van der Waals surface area contributed by atoms with E-state index in [1.807, 2.05) is 20.8 Å². The Morgan fingerprint density at radius 3 is 2.64 bits per heavy atom. The van der Waals surface area contributed by atoms with E-state index in [1.165, 1.54) is 0 Å². The number of anilines is 1. The first kappa shape index (κ1) is 21.8. The maximum atomic E-state index is 11.6. The summed E-state index contributed by atoms with van der Waals surface area (Å²) in [6.07, 6.45) is 3.14. The Morgan fingerprint density at radius 2 is 1.93 bits per heavy atom. The zero-order valence-electron chi connectivity index (χ0n) is 16.4. The molecule has 0 saturated heterocycles. The Bertz CT molecular complexity index is 831. The van der Waals surface area contributed by atoms with Crippen LogP contribution in [-0.2, 0) is 14.9 Å². The van der Waals surface area contributed by atoms with Gasteiger partial charge in [-0.3, -0.25) is 4.72 Å². The average molecular weight is 413 g/mol. The molecule has 156 valence electrons. The molecule has 1 aliphatic rings. The molecule has 0 bridgehead atoms. The van der Waals surface area contributed by atoms with Gasteiger partial charge in [0, 0.05) is 6.54 Å². The van der Waals surface area contributed by atoms with E-state index in [0.29, 0.717) is 30.2 Å². The van der Waals surface area contributed by atoms with Crippen molar-refractivity contribution in [1.29, 1.82) is 0 Å². The number of hydrogen-bond donors (Lipinski definition) is 3. The van der Waals surface area contributed by atoms with Crippen LogP contribution in [0, 0.1) is 0 Å². The maximum Gasteiger partial charge on any atom is 0.407 e. The smallest absolute Gasteiger partial charge is 0.407 e. The van der Waals surface area contributed by atoms with Crippen molar-refractivity contribution in [3.63, 3.8) is 0 Å². The Labute approximate surface area is 165 Å². The molecule has 0 radical (unpaired) electrons. The van der Waals surface area contributed by atoms with Gasteiger partial charge in [0.25, 0.3) is 0 Å². The highest BCUT2D eigenvalue weighted by molar-refractivity contribution is 7.91. The van der Waals surface area contributed by atoms with Gasteiger partial charge >= 0.3 is 16.3 Å². The number of rotatable bonds is 8. The fourth-order valence-electron chi connectivity index (χ4n) is 2.60. The molecule has 1 heterocycles. The van der Waals surface area contributed by atoms with Crippen molar-refractivity contribution >= 4 is 27.8 Å². The van der Waals surface area contributed by atoms with E-state index < -0.39 is 21.9 Å². The van der Waals surface area contributed by atoms with E-state index in [0.717, 1.165) is 25.7 Å². The molecule has 0 aliphatic carbocycles. The third-order valence-corrected chi connectivity index (χ3v) is 4.65. The van der Waals surface area contributed by atoms with Crippen molar-refractivity contribution in [3.05, 3.63) is 23.8 Å². The molecule has 0 spiro atoms. The highest BCUT2D eigenvalue weighted by Crippen LogP contribution is 2.30. The summed E-state index contributed by atoms with van der Waals surface area (Å²) in [5, 5.41) is 2.73. The lowest BCUT2D eigenvalue weighted by atomic mass is 10.1. The molecule has 4 N–H and O–H groups in total. The number of unbranched alkanes of at least 4 members (excludes halogenated alkanes) is 3. The maximum absolute atomic E-state index is 11.6. The average Bonchev–Trinajstić information content (AvgIpc) is 2.54. The van der Waals surface area contributed by atoms with Crippen LogP contribution in [0.5, 0.6) is 5.75 Å². The van der Waals surface area contributed by atoms with Gasteiger partial charge < -0.3 is 20.5 Å². The van der Waals surface area contributed by atoms with Crippen LogP contribution in [0.15, 0.2) is 22.6 Å². The van der Waals surface area contributed by atoms with E-state index in [1.54, 1.807) is 18.2 Å². The quantitative estimate of drug-likeness (QED) is 0.562. The molecule has 0 atom stereocenters. The molecule has 0 saturated carbocycles. The summed E-state index contributed by atoms with van der Waals surface area (Å²) in [4.78, 5) is 11.5. The Kier molecular flexibility index (Phi) is 7.11. The van der Waals surface area contributed by atoms with Crippen molar-refractivity contribution in [2.75, 3.05) is 17.9 Å². The van der Waals surface area contributed by atoms with Crippen LogP contribution < -0.4 is 20.5 Å². The van der Waals surface area contributed by atoms with Crippen LogP contribution in [-0.4, -0.2) is 39.1 Å². The molecular weight excluding hydrogens is 384 g/mol. The van der Waals surface area contributed by atoms with Gasteiger partial charge in [0.05, 0.1) is 17.9 Å². The number of hydrogen-bond acceptors (Lipinski definition) is 6. The largest absolute Gasteiger partial charge is 0.493 e. The van der Waals surface area contributed by atoms with Gasteiger partial charge in [0.1, 0.15) is 11.4 Å². The zero-order valence-corrected chi connectivity index (χ0v) is 17.3. The first-order valence-electron chi connectivity index (χ1n) is 9.19. The van der Waals surface area contributed by atoms with Gasteiger partial charge in [-0.05, 0) is 45.7 Å². The molecule has 1 aliphatic heterocycles. The van der Waals surface area contributed by atoms with Gasteiger partial charge in [-0.2, -0.15) is 8.42 Å². The van der Waals surface area contributed by atoms with E-state index in [9.17, 15) is 13.2 Å². The number of benzene rings is 1. The predicted molar refractivity (Wildman–Crippen MR) is 108 cm³/mol. The minimum Gasteiger partial charge on any atom is -0.493 e. The first-order chi connectivity index (χ1) is 13.1. The molecule has 10 heteroatoms. The second-order valence-electron chi connectivity index (χ2n) is 7.42. The fourth-order valence-corrected chi connectivity index (χ4v) is 3.45. The lowest BCUT2D eigenvalue weighted by molar-refractivity contribution is 0.0527. The molecule has 1 aromatic carbocycles. The lowest BCUT2D eigenvalue weighted by Gasteiger charge is -2.19. The van der Waals surface area contributed by atoms with Crippen molar-refractivity contribution in [1.82, 2.24) is 5.32 Å². The Balaban J connectivity index is 1.68. The number of nitrogens with zero attached hydrogens (tertiary/aromatic N) is 1. The van der Waals surface area contributed by atoms with Gasteiger partial charge in [-0.1, -0.05) is 18.9 Å². The van der Waals surface area contributed by atoms with E-state index in [4.69, 9.17) is 15.2 Å². The minimum absolute atomic E-state index is 0.0856. The topological polar surface area (TPSA) is 132 Å². The summed E-state index contributed by atoms with van der Waals surface area (Å²) < 4.78 is 39.9. The van der Waals surface area contributed by atoms with Crippen LogP contribution in [0.4, 0.5) is 10.5 Å². The number of fused-ring (bicyclic) bond motifs is 1. The minimum atomic E-state index is -3.80. The van der Waals surface area contributed by atoms with E-state index in [-0.39, 0.29) is 5.84 Å². The third kappa shape index (κ3) is 6.91. The van der Waals surface area contributed by atoms with Crippen molar-refractivity contribution in [2.24, 2.45) is 10.1 Å². The molecule has 28 heavy (non-hydrogen) atoms. The zero-order chi connectivity index (χ0) is 20.8. The molecule has 9 nitrogen and oxygen atoms in total. The summed E-state index contributed by atoms with van der Waals surface area (Å²) in [5.41, 5.74) is 6.10. The van der Waals surface area contributed by atoms with Crippen LogP contribution in [0.1, 0.15) is 52.0 Å². The van der Waals surface area contributed by atoms with E-state index in [2.05, 4.69) is 14.4 Å². The number of carbonyl (C=O) groups is 1. The second kappa shape index (κ2) is 9.13. The summed E-state index contributed by atoms with van der Waals surface area (Å²) in [6.45, 7) is 6.51. The molecule has 2 rings (SSSR count). The van der Waals surface area contributed by atoms with Crippen LogP contribution >= 0.6 is 0 Å². The standard InChI is InChI=1S/C18H28N4O5S/c1-18(2,3)27-17(23)20-11-6-4-5-7-12-26-14-10-8-9-13-15(14)16(19)22-28(24,25)21-13/h8-10,21H,4-7,11-12H2,1-3H3,(H2,19,22)(H,20,23). The molecular formula is C18H28N4O5S. The number of alkyl carbamates (subject to hydrolysis) is 1. The summed E-state index contributed by atoms with van der Waals surface area (Å²) in [7, 11) is -3.80. The molecule has 0 unspecified atom stereocenters. The number of nitrogens with one attached hydrogen (secondary N) is 2. The molecule has 0 fully saturated rings. The van der Waals surface area contributed by atoms with Crippen LogP contribution in [0.3, 0.4) is 0 Å². The van der Waals surface area contributed by atoms with Crippen LogP contribution in [0.2, 0.25) is 0 Å². The number of nitrogens with two attached hydrogens (primary N) is 1.